The van der Waals surface area contributed by atoms with Crippen LogP contribution in [0.3, 0.4) is 0 Å². The van der Waals surface area contributed by atoms with Crippen molar-refractivity contribution in [3.63, 3.8) is 0 Å². The van der Waals surface area contributed by atoms with Crippen LogP contribution in [-0.2, 0) is 4.74 Å². The second kappa shape index (κ2) is 7.30. The average Bonchev–Trinajstić information content (AvgIpc) is 2.63. The molecule has 3 nitrogen and oxygen atoms in total. The summed E-state index contributed by atoms with van der Waals surface area (Å²) in [4.78, 5) is 0. The Hall–Kier alpha value is -0.120. The quantitative estimate of drug-likeness (QED) is 0.576. The van der Waals surface area contributed by atoms with Crippen molar-refractivity contribution < 1.29 is 4.74 Å². The summed E-state index contributed by atoms with van der Waals surface area (Å²) in [5, 5.41) is 6.91. The number of rotatable bonds is 7. The topological polar surface area (TPSA) is 33.3 Å². The minimum Gasteiger partial charge on any atom is -0.382 e. The van der Waals surface area contributed by atoms with Gasteiger partial charge in [0.1, 0.15) is 0 Å². The molecule has 13 heavy (non-hydrogen) atoms. The Morgan fingerprint density at radius 2 is 2.46 bits per heavy atom. The van der Waals surface area contributed by atoms with Crippen LogP contribution in [0.4, 0.5) is 0 Å². The zero-order valence-corrected chi connectivity index (χ0v) is 8.64. The maximum Gasteiger partial charge on any atom is 0.0477 e. The first-order valence-corrected chi connectivity index (χ1v) is 5.45. The maximum atomic E-state index is 5.25. The third kappa shape index (κ3) is 5.24. The highest BCUT2D eigenvalue weighted by atomic mass is 16.5. The second-order valence-electron chi connectivity index (χ2n) is 3.55. The molecule has 78 valence electrons. The fourth-order valence-corrected chi connectivity index (χ4v) is 1.65. The lowest BCUT2D eigenvalue weighted by molar-refractivity contribution is 0.144. The minimum atomic E-state index is 0.715. The number of ether oxygens (including phenoxy) is 1. The van der Waals surface area contributed by atoms with E-state index in [0.717, 1.165) is 32.7 Å². The molecule has 1 unspecified atom stereocenters. The maximum absolute atomic E-state index is 5.25. The normalized spacial score (nSPS) is 22.4. The predicted octanol–water partition coefficient (Wildman–Crippen LogP) is 0.755. The van der Waals surface area contributed by atoms with Crippen molar-refractivity contribution in [3.8, 4) is 0 Å². The van der Waals surface area contributed by atoms with Gasteiger partial charge in [0, 0.05) is 25.8 Å². The molecule has 1 rings (SSSR count). The molecule has 0 spiro atoms. The molecule has 0 aromatic heterocycles. The van der Waals surface area contributed by atoms with Crippen molar-refractivity contribution in [3.05, 3.63) is 0 Å². The standard InChI is InChI=1S/C10H22N2O/c1-2-13-8-4-6-11-9-10-5-3-7-12-10/h10-12H,2-9H2,1H3. The van der Waals surface area contributed by atoms with E-state index in [4.69, 9.17) is 4.74 Å². The monoisotopic (exact) mass is 186 g/mol. The average molecular weight is 186 g/mol. The first-order valence-electron chi connectivity index (χ1n) is 5.45. The van der Waals surface area contributed by atoms with E-state index in [1.165, 1.54) is 19.4 Å². The van der Waals surface area contributed by atoms with Crippen molar-refractivity contribution in [2.75, 3.05) is 32.8 Å². The van der Waals surface area contributed by atoms with Gasteiger partial charge < -0.3 is 15.4 Å². The van der Waals surface area contributed by atoms with Gasteiger partial charge in [-0.3, -0.25) is 0 Å². The van der Waals surface area contributed by atoms with Gasteiger partial charge in [0.25, 0.3) is 0 Å². The molecule has 1 fully saturated rings. The van der Waals surface area contributed by atoms with Crippen molar-refractivity contribution in [2.24, 2.45) is 0 Å². The lowest BCUT2D eigenvalue weighted by atomic mass is 10.2. The smallest absolute Gasteiger partial charge is 0.0477 e. The molecule has 2 N–H and O–H groups in total. The predicted molar refractivity (Wildman–Crippen MR) is 55.0 cm³/mol. The van der Waals surface area contributed by atoms with Gasteiger partial charge in [0.05, 0.1) is 0 Å². The van der Waals surface area contributed by atoms with Crippen LogP contribution in [0.15, 0.2) is 0 Å². The first-order chi connectivity index (χ1) is 6.43. The van der Waals surface area contributed by atoms with Gasteiger partial charge >= 0.3 is 0 Å². The molecule has 0 aliphatic carbocycles. The highest BCUT2D eigenvalue weighted by Gasteiger charge is 2.12. The zero-order chi connectivity index (χ0) is 9.36. The summed E-state index contributed by atoms with van der Waals surface area (Å²) in [6.07, 6.45) is 3.80. The van der Waals surface area contributed by atoms with Gasteiger partial charge in [-0.05, 0) is 39.3 Å². The molecule has 1 saturated heterocycles. The second-order valence-corrected chi connectivity index (χ2v) is 3.55. The summed E-state index contributed by atoms with van der Waals surface area (Å²) in [6.45, 7) is 7.16. The summed E-state index contributed by atoms with van der Waals surface area (Å²) in [5.41, 5.74) is 0. The van der Waals surface area contributed by atoms with Gasteiger partial charge in [0.15, 0.2) is 0 Å². The molecule has 1 atom stereocenters. The molecule has 0 aromatic carbocycles. The summed E-state index contributed by atoms with van der Waals surface area (Å²) >= 11 is 0. The van der Waals surface area contributed by atoms with E-state index >= 15 is 0 Å². The Kier molecular flexibility index (Phi) is 6.15. The SMILES string of the molecule is CCOCCCNCC1CCCN1. The molecule has 1 aliphatic heterocycles. The molecule has 0 aromatic rings. The summed E-state index contributed by atoms with van der Waals surface area (Å²) in [6, 6.07) is 0.715. The van der Waals surface area contributed by atoms with Crippen molar-refractivity contribution in [1.82, 2.24) is 10.6 Å². The third-order valence-electron chi connectivity index (χ3n) is 2.40. The van der Waals surface area contributed by atoms with Crippen molar-refractivity contribution in [1.29, 1.82) is 0 Å². The Labute approximate surface area is 81.2 Å². The van der Waals surface area contributed by atoms with Gasteiger partial charge in [-0.25, -0.2) is 0 Å². The van der Waals surface area contributed by atoms with Crippen LogP contribution in [0.5, 0.6) is 0 Å². The number of hydrogen-bond acceptors (Lipinski definition) is 3. The van der Waals surface area contributed by atoms with Crippen LogP contribution in [-0.4, -0.2) is 38.9 Å². The zero-order valence-electron chi connectivity index (χ0n) is 8.64. The molecule has 1 heterocycles. The highest BCUT2D eigenvalue weighted by molar-refractivity contribution is 4.75. The largest absolute Gasteiger partial charge is 0.382 e. The molecular formula is C10H22N2O. The first kappa shape index (κ1) is 11.0. The van der Waals surface area contributed by atoms with E-state index in [9.17, 15) is 0 Å². The summed E-state index contributed by atoms with van der Waals surface area (Å²) < 4.78 is 5.25. The van der Waals surface area contributed by atoms with Gasteiger partial charge in [-0.1, -0.05) is 0 Å². The molecule has 0 saturated carbocycles. The molecule has 0 radical (unpaired) electrons. The Morgan fingerprint density at radius 1 is 1.54 bits per heavy atom. The fourth-order valence-electron chi connectivity index (χ4n) is 1.65. The molecule has 1 aliphatic rings. The molecule has 0 amide bonds. The van der Waals surface area contributed by atoms with Crippen LogP contribution < -0.4 is 10.6 Å². The third-order valence-corrected chi connectivity index (χ3v) is 2.40. The van der Waals surface area contributed by atoms with Crippen molar-refractivity contribution >= 4 is 0 Å². The number of nitrogens with one attached hydrogen (secondary N) is 2. The summed E-state index contributed by atoms with van der Waals surface area (Å²) in [5.74, 6) is 0. The van der Waals surface area contributed by atoms with Gasteiger partial charge in [-0.2, -0.15) is 0 Å². The van der Waals surface area contributed by atoms with Crippen LogP contribution >= 0.6 is 0 Å². The fraction of sp³-hybridized carbons (Fsp3) is 1.00. The van der Waals surface area contributed by atoms with Gasteiger partial charge in [0.2, 0.25) is 0 Å². The van der Waals surface area contributed by atoms with Gasteiger partial charge in [-0.15, -0.1) is 0 Å². The number of hydrogen-bond donors (Lipinski definition) is 2. The van der Waals surface area contributed by atoms with Crippen molar-refractivity contribution in [2.45, 2.75) is 32.2 Å². The van der Waals surface area contributed by atoms with E-state index in [-0.39, 0.29) is 0 Å². The van der Waals surface area contributed by atoms with E-state index in [1.54, 1.807) is 0 Å². The van der Waals surface area contributed by atoms with Crippen LogP contribution in [0.25, 0.3) is 0 Å². The van der Waals surface area contributed by atoms with E-state index < -0.39 is 0 Å². The lowest BCUT2D eigenvalue weighted by Crippen LogP contribution is -2.34. The highest BCUT2D eigenvalue weighted by Crippen LogP contribution is 2.02. The molecular weight excluding hydrogens is 164 g/mol. The summed E-state index contributed by atoms with van der Waals surface area (Å²) in [7, 11) is 0. The van der Waals surface area contributed by atoms with E-state index in [1.807, 2.05) is 6.92 Å². The van der Waals surface area contributed by atoms with Crippen LogP contribution in [0.1, 0.15) is 26.2 Å². The molecule has 3 heteroatoms. The van der Waals surface area contributed by atoms with Crippen LogP contribution in [0, 0.1) is 0 Å². The van der Waals surface area contributed by atoms with E-state index in [0.29, 0.717) is 6.04 Å². The van der Waals surface area contributed by atoms with E-state index in [2.05, 4.69) is 10.6 Å². The Balaban J connectivity index is 1.78. The lowest BCUT2D eigenvalue weighted by Gasteiger charge is -2.10. The molecule has 0 bridgehead atoms. The van der Waals surface area contributed by atoms with Crippen LogP contribution in [0.2, 0.25) is 0 Å². The minimum absolute atomic E-state index is 0.715. The Bertz CT molecular complexity index is 113. The Morgan fingerprint density at radius 3 is 3.15 bits per heavy atom.